The van der Waals surface area contributed by atoms with Crippen molar-refractivity contribution in [1.82, 2.24) is 4.98 Å². The van der Waals surface area contributed by atoms with E-state index in [1.807, 2.05) is 66.7 Å². The summed E-state index contributed by atoms with van der Waals surface area (Å²) in [7, 11) is 0. The van der Waals surface area contributed by atoms with Gasteiger partial charge in [-0.25, -0.2) is 0 Å². The Labute approximate surface area is 148 Å². The molecule has 2 aromatic carbocycles. The second-order valence-electron chi connectivity index (χ2n) is 5.79. The van der Waals surface area contributed by atoms with Gasteiger partial charge in [0.1, 0.15) is 5.75 Å². The monoisotopic (exact) mass is 331 g/mol. The van der Waals surface area contributed by atoms with Crippen molar-refractivity contribution in [2.75, 3.05) is 6.61 Å². The molecular formula is C22H21NO2. The summed E-state index contributed by atoms with van der Waals surface area (Å²) in [5, 5.41) is 0. The third-order valence-corrected chi connectivity index (χ3v) is 3.98. The van der Waals surface area contributed by atoms with Gasteiger partial charge in [-0.2, -0.15) is 0 Å². The highest BCUT2D eigenvalue weighted by Gasteiger charge is 2.19. The number of ketones is 1. The van der Waals surface area contributed by atoms with Crippen LogP contribution in [-0.2, 0) is 0 Å². The Morgan fingerprint density at radius 1 is 0.960 bits per heavy atom. The molecule has 1 aromatic heterocycles. The smallest absolute Gasteiger partial charge is 0.196 e. The summed E-state index contributed by atoms with van der Waals surface area (Å²) in [5.41, 5.74) is 2.88. The summed E-state index contributed by atoms with van der Waals surface area (Å²) < 4.78 is 6.04. The normalized spacial score (nSPS) is 10.4. The van der Waals surface area contributed by atoms with Gasteiger partial charge in [-0.15, -0.1) is 0 Å². The van der Waals surface area contributed by atoms with Crippen LogP contribution in [0, 0.1) is 0 Å². The van der Waals surface area contributed by atoms with E-state index in [9.17, 15) is 4.79 Å². The van der Waals surface area contributed by atoms with Crippen LogP contribution in [0.2, 0.25) is 0 Å². The molecule has 0 radical (unpaired) electrons. The van der Waals surface area contributed by atoms with Crippen LogP contribution in [0.4, 0.5) is 0 Å². The molecule has 0 saturated heterocycles. The van der Waals surface area contributed by atoms with Crippen LogP contribution in [0.15, 0.2) is 72.9 Å². The lowest BCUT2D eigenvalue weighted by atomic mass is 9.98. The molecule has 0 N–H and O–H groups in total. The molecule has 0 aliphatic rings. The number of benzene rings is 2. The number of nitrogens with zero attached hydrogens (tertiary/aromatic N) is 1. The zero-order valence-corrected chi connectivity index (χ0v) is 14.3. The van der Waals surface area contributed by atoms with Gasteiger partial charge >= 0.3 is 0 Å². The largest absolute Gasteiger partial charge is 0.492 e. The Kier molecular flexibility index (Phi) is 5.57. The number of rotatable bonds is 7. The maximum atomic E-state index is 13.0. The first-order valence-corrected chi connectivity index (χ1v) is 8.58. The van der Waals surface area contributed by atoms with Crippen molar-refractivity contribution in [3.8, 4) is 17.0 Å². The fraction of sp³-hybridized carbons (Fsp3) is 0.182. The van der Waals surface area contributed by atoms with Gasteiger partial charge in [-0.3, -0.25) is 9.78 Å². The van der Waals surface area contributed by atoms with E-state index in [1.54, 1.807) is 6.20 Å². The van der Waals surface area contributed by atoms with Crippen LogP contribution in [0.5, 0.6) is 5.75 Å². The van der Waals surface area contributed by atoms with Gasteiger partial charge in [0.25, 0.3) is 0 Å². The van der Waals surface area contributed by atoms with Crippen molar-refractivity contribution < 1.29 is 9.53 Å². The van der Waals surface area contributed by atoms with Crippen LogP contribution in [-0.4, -0.2) is 17.4 Å². The SMILES string of the molecule is CCCCOc1c(C(=O)c2ccccc2)cccc1-c1ccccn1. The number of para-hydroxylation sites is 1. The Hall–Kier alpha value is -2.94. The third kappa shape index (κ3) is 3.94. The summed E-state index contributed by atoms with van der Waals surface area (Å²) in [6, 6.07) is 20.7. The first kappa shape index (κ1) is 16.9. The molecule has 0 aliphatic heterocycles. The standard InChI is InChI=1S/C22H21NO2/c1-2-3-16-25-22-18(20-14-7-8-15-23-20)12-9-13-19(22)21(24)17-10-5-4-6-11-17/h4-15H,2-3,16H2,1H3. The highest BCUT2D eigenvalue weighted by Crippen LogP contribution is 2.33. The molecule has 25 heavy (non-hydrogen) atoms. The minimum atomic E-state index is -0.0371. The van der Waals surface area contributed by atoms with E-state index in [2.05, 4.69) is 11.9 Å². The van der Waals surface area contributed by atoms with E-state index >= 15 is 0 Å². The Morgan fingerprint density at radius 3 is 2.48 bits per heavy atom. The summed E-state index contributed by atoms with van der Waals surface area (Å²) >= 11 is 0. The first-order valence-electron chi connectivity index (χ1n) is 8.58. The minimum absolute atomic E-state index is 0.0371. The zero-order chi connectivity index (χ0) is 17.5. The average molecular weight is 331 g/mol. The van der Waals surface area contributed by atoms with Gasteiger partial charge in [0.2, 0.25) is 0 Å². The molecule has 0 aliphatic carbocycles. The Balaban J connectivity index is 2.06. The molecule has 0 unspecified atom stereocenters. The fourth-order valence-electron chi connectivity index (χ4n) is 2.66. The molecule has 0 fully saturated rings. The van der Waals surface area contributed by atoms with Crippen LogP contribution in [0.3, 0.4) is 0 Å². The van der Waals surface area contributed by atoms with Gasteiger partial charge in [-0.1, -0.05) is 55.8 Å². The van der Waals surface area contributed by atoms with Gasteiger partial charge in [-0.05, 0) is 30.7 Å². The molecule has 3 nitrogen and oxygen atoms in total. The predicted octanol–water partition coefficient (Wildman–Crippen LogP) is 5.16. The second kappa shape index (κ2) is 8.25. The Bertz CT molecular complexity index is 829. The fourth-order valence-corrected chi connectivity index (χ4v) is 2.66. The lowest BCUT2D eigenvalue weighted by Crippen LogP contribution is -2.08. The molecule has 1 heterocycles. The predicted molar refractivity (Wildman–Crippen MR) is 100.0 cm³/mol. The Morgan fingerprint density at radius 2 is 1.76 bits per heavy atom. The molecule has 0 saturated carbocycles. The summed E-state index contributed by atoms with van der Waals surface area (Å²) in [6.45, 7) is 2.69. The minimum Gasteiger partial charge on any atom is -0.492 e. The number of hydrogen-bond acceptors (Lipinski definition) is 3. The van der Waals surface area contributed by atoms with Crippen LogP contribution in [0.25, 0.3) is 11.3 Å². The average Bonchev–Trinajstić information content (AvgIpc) is 2.69. The maximum absolute atomic E-state index is 13.0. The number of unbranched alkanes of at least 4 members (excludes halogenated alkanes) is 1. The van der Waals surface area contributed by atoms with E-state index in [4.69, 9.17) is 4.74 Å². The van der Waals surface area contributed by atoms with Gasteiger partial charge in [0.15, 0.2) is 5.78 Å². The molecular weight excluding hydrogens is 310 g/mol. The zero-order valence-electron chi connectivity index (χ0n) is 14.3. The second-order valence-corrected chi connectivity index (χ2v) is 5.79. The van der Waals surface area contributed by atoms with E-state index in [0.717, 1.165) is 24.1 Å². The van der Waals surface area contributed by atoms with Crippen molar-refractivity contribution >= 4 is 5.78 Å². The third-order valence-electron chi connectivity index (χ3n) is 3.98. The van der Waals surface area contributed by atoms with Crippen molar-refractivity contribution in [2.45, 2.75) is 19.8 Å². The number of aromatic nitrogens is 1. The van der Waals surface area contributed by atoms with Gasteiger partial charge < -0.3 is 4.74 Å². The molecule has 126 valence electrons. The van der Waals surface area contributed by atoms with E-state index in [0.29, 0.717) is 23.5 Å². The molecule has 3 heteroatoms. The number of carbonyl (C=O) groups is 1. The molecule has 0 spiro atoms. The first-order chi connectivity index (χ1) is 12.3. The van der Waals surface area contributed by atoms with E-state index < -0.39 is 0 Å². The highest BCUT2D eigenvalue weighted by atomic mass is 16.5. The summed E-state index contributed by atoms with van der Waals surface area (Å²) in [6.07, 6.45) is 3.72. The van der Waals surface area contributed by atoms with E-state index in [1.165, 1.54) is 0 Å². The van der Waals surface area contributed by atoms with Crippen molar-refractivity contribution in [1.29, 1.82) is 0 Å². The highest BCUT2D eigenvalue weighted by molar-refractivity contribution is 6.11. The maximum Gasteiger partial charge on any atom is 0.196 e. The van der Waals surface area contributed by atoms with Gasteiger partial charge in [0, 0.05) is 17.3 Å². The van der Waals surface area contributed by atoms with Gasteiger partial charge in [0.05, 0.1) is 17.9 Å². The van der Waals surface area contributed by atoms with Crippen molar-refractivity contribution in [3.63, 3.8) is 0 Å². The lowest BCUT2D eigenvalue weighted by Gasteiger charge is -2.15. The number of carbonyl (C=O) groups excluding carboxylic acids is 1. The molecule has 0 atom stereocenters. The van der Waals surface area contributed by atoms with E-state index in [-0.39, 0.29) is 5.78 Å². The molecule has 0 bridgehead atoms. The van der Waals surface area contributed by atoms with Crippen molar-refractivity contribution in [2.24, 2.45) is 0 Å². The van der Waals surface area contributed by atoms with Crippen LogP contribution in [0.1, 0.15) is 35.7 Å². The topological polar surface area (TPSA) is 39.2 Å². The number of ether oxygens (including phenoxy) is 1. The van der Waals surface area contributed by atoms with Crippen molar-refractivity contribution in [3.05, 3.63) is 84.1 Å². The molecule has 3 rings (SSSR count). The number of hydrogen-bond donors (Lipinski definition) is 0. The summed E-state index contributed by atoms with van der Waals surface area (Å²) in [4.78, 5) is 17.4. The van der Waals surface area contributed by atoms with Crippen LogP contribution < -0.4 is 4.74 Å². The summed E-state index contributed by atoms with van der Waals surface area (Å²) in [5.74, 6) is 0.577. The lowest BCUT2D eigenvalue weighted by molar-refractivity contribution is 0.103. The quantitative estimate of drug-likeness (QED) is 0.443. The molecule has 3 aromatic rings. The van der Waals surface area contributed by atoms with Crippen LogP contribution >= 0.6 is 0 Å². The molecule has 0 amide bonds. The number of pyridine rings is 1.